The van der Waals surface area contributed by atoms with Gasteiger partial charge in [-0.3, -0.25) is 0 Å². The lowest BCUT2D eigenvalue weighted by molar-refractivity contribution is 0.128. The molecule has 3 heteroatoms. The van der Waals surface area contributed by atoms with Gasteiger partial charge < -0.3 is 9.80 Å². The second kappa shape index (κ2) is 11.7. The molecule has 1 unspecified atom stereocenters. The van der Waals surface area contributed by atoms with Crippen molar-refractivity contribution in [1.82, 2.24) is 9.80 Å². The quantitative estimate of drug-likeness (QED) is 0.400. The molecular formula is C26H37ClN2. The summed E-state index contributed by atoms with van der Waals surface area (Å²) in [4.78, 5) is 5.31. The van der Waals surface area contributed by atoms with Crippen LogP contribution in [0.25, 0.3) is 11.1 Å². The van der Waals surface area contributed by atoms with E-state index in [0.29, 0.717) is 5.92 Å². The van der Waals surface area contributed by atoms with Crippen molar-refractivity contribution in [2.75, 3.05) is 39.3 Å². The van der Waals surface area contributed by atoms with Crippen molar-refractivity contribution < 1.29 is 0 Å². The van der Waals surface area contributed by atoms with E-state index in [0.717, 1.165) is 5.02 Å². The van der Waals surface area contributed by atoms with Gasteiger partial charge in [-0.25, -0.2) is 0 Å². The number of hydrogen-bond donors (Lipinski definition) is 0. The maximum atomic E-state index is 6.00. The Balaban J connectivity index is 1.39. The SMILES string of the molecule is CCCCCCN1CCN(CCC(C)c2ccc(-c3ccc(Cl)cc3)cc2)CC1. The zero-order valence-corrected chi connectivity index (χ0v) is 19.0. The molecule has 1 atom stereocenters. The molecule has 2 aromatic carbocycles. The second-order valence-electron chi connectivity index (χ2n) is 8.56. The third-order valence-electron chi connectivity index (χ3n) is 6.33. The van der Waals surface area contributed by atoms with Crippen molar-refractivity contribution >= 4 is 11.6 Å². The Morgan fingerprint density at radius 2 is 1.31 bits per heavy atom. The van der Waals surface area contributed by atoms with E-state index in [9.17, 15) is 0 Å². The molecule has 0 aromatic heterocycles. The predicted molar refractivity (Wildman–Crippen MR) is 127 cm³/mol. The molecule has 158 valence electrons. The highest BCUT2D eigenvalue weighted by atomic mass is 35.5. The minimum Gasteiger partial charge on any atom is -0.301 e. The van der Waals surface area contributed by atoms with Crippen LogP contribution in [-0.2, 0) is 0 Å². The number of benzene rings is 2. The van der Waals surface area contributed by atoms with Crippen LogP contribution in [0.5, 0.6) is 0 Å². The number of hydrogen-bond acceptors (Lipinski definition) is 2. The molecule has 1 aliphatic rings. The minimum atomic E-state index is 0.598. The van der Waals surface area contributed by atoms with Crippen molar-refractivity contribution in [3.05, 3.63) is 59.1 Å². The summed E-state index contributed by atoms with van der Waals surface area (Å²) >= 11 is 6.00. The molecule has 0 bridgehead atoms. The van der Waals surface area contributed by atoms with Crippen molar-refractivity contribution in [2.45, 2.75) is 51.9 Å². The van der Waals surface area contributed by atoms with Crippen LogP contribution in [0.1, 0.15) is 57.4 Å². The van der Waals surface area contributed by atoms with E-state index in [2.05, 4.69) is 60.0 Å². The zero-order valence-electron chi connectivity index (χ0n) is 18.2. The summed E-state index contributed by atoms with van der Waals surface area (Å²) in [6, 6.07) is 17.2. The monoisotopic (exact) mass is 412 g/mol. The van der Waals surface area contributed by atoms with E-state index in [4.69, 9.17) is 11.6 Å². The van der Waals surface area contributed by atoms with Crippen LogP contribution >= 0.6 is 11.6 Å². The van der Waals surface area contributed by atoms with Crippen LogP contribution in [0, 0.1) is 0 Å². The van der Waals surface area contributed by atoms with Gasteiger partial charge in [0, 0.05) is 31.2 Å². The molecule has 0 amide bonds. The average molecular weight is 413 g/mol. The van der Waals surface area contributed by atoms with Gasteiger partial charge in [-0.05, 0) is 60.7 Å². The van der Waals surface area contributed by atoms with Crippen molar-refractivity contribution in [1.29, 1.82) is 0 Å². The number of halogens is 1. The Bertz CT molecular complexity index is 702. The summed E-state index contributed by atoms with van der Waals surface area (Å²) in [5.74, 6) is 0.598. The molecule has 0 aliphatic carbocycles. The van der Waals surface area contributed by atoms with Crippen molar-refractivity contribution in [3.63, 3.8) is 0 Å². The summed E-state index contributed by atoms with van der Waals surface area (Å²) in [6.07, 6.45) is 6.72. The number of nitrogens with zero attached hydrogens (tertiary/aromatic N) is 2. The smallest absolute Gasteiger partial charge is 0.0406 e. The number of unbranched alkanes of at least 4 members (excludes halogenated alkanes) is 3. The van der Waals surface area contributed by atoms with E-state index in [-0.39, 0.29) is 0 Å². The molecule has 29 heavy (non-hydrogen) atoms. The molecule has 0 radical (unpaired) electrons. The van der Waals surface area contributed by atoms with Gasteiger partial charge in [-0.15, -0.1) is 0 Å². The van der Waals surface area contributed by atoms with E-state index in [1.165, 1.54) is 88.1 Å². The lowest BCUT2D eigenvalue weighted by Gasteiger charge is -2.35. The summed E-state index contributed by atoms with van der Waals surface area (Å²) < 4.78 is 0. The van der Waals surface area contributed by atoms with Gasteiger partial charge in [0.2, 0.25) is 0 Å². The van der Waals surface area contributed by atoms with Gasteiger partial charge in [0.25, 0.3) is 0 Å². The average Bonchev–Trinajstić information content (AvgIpc) is 2.76. The van der Waals surface area contributed by atoms with Crippen LogP contribution in [0.4, 0.5) is 0 Å². The molecule has 0 spiro atoms. The van der Waals surface area contributed by atoms with Crippen LogP contribution in [0.2, 0.25) is 5.02 Å². The Hall–Kier alpha value is -1.35. The van der Waals surface area contributed by atoms with E-state index >= 15 is 0 Å². The predicted octanol–water partition coefficient (Wildman–Crippen LogP) is 6.70. The molecule has 1 aliphatic heterocycles. The van der Waals surface area contributed by atoms with E-state index in [1.807, 2.05) is 12.1 Å². The van der Waals surface area contributed by atoms with Gasteiger partial charge in [0.15, 0.2) is 0 Å². The standard InChI is InChI=1S/C26H37ClN2/c1-3-4-5-6-16-28-18-20-29(21-19-28)17-15-22(2)23-7-9-24(10-8-23)25-11-13-26(27)14-12-25/h7-14,22H,3-6,15-21H2,1-2H3. The molecule has 2 nitrogen and oxygen atoms in total. The summed E-state index contributed by atoms with van der Waals surface area (Å²) in [5, 5.41) is 0.788. The maximum absolute atomic E-state index is 6.00. The number of piperazine rings is 1. The lowest BCUT2D eigenvalue weighted by atomic mass is 9.95. The summed E-state index contributed by atoms with van der Waals surface area (Å²) in [5.41, 5.74) is 3.92. The van der Waals surface area contributed by atoms with Gasteiger partial charge >= 0.3 is 0 Å². The Kier molecular flexibility index (Phi) is 9.04. The molecule has 1 heterocycles. The second-order valence-corrected chi connectivity index (χ2v) is 9.00. The highest BCUT2D eigenvalue weighted by molar-refractivity contribution is 6.30. The Morgan fingerprint density at radius 3 is 1.90 bits per heavy atom. The molecule has 1 saturated heterocycles. The minimum absolute atomic E-state index is 0.598. The Morgan fingerprint density at radius 1 is 0.759 bits per heavy atom. The third kappa shape index (κ3) is 7.13. The molecule has 2 aromatic rings. The van der Waals surface area contributed by atoms with Gasteiger partial charge in [0.1, 0.15) is 0 Å². The molecule has 1 fully saturated rings. The van der Waals surface area contributed by atoms with Crippen molar-refractivity contribution in [3.8, 4) is 11.1 Å². The maximum Gasteiger partial charge on any atom is 0.0406 e. The van der Waals surface area contributed by atoms with Gasteiger partial charge in [-0.1, -0.05) is 81.1 Å². The first-order valence-electron chi connectivity index (χ1n) is 11.5. The first-order valence-corrected chi connectivity index (χ1v) is 11.8. The molecule has 0 saturated carbocycles. The first-order chi connectivity index (χ1) is 14.2. The summed E-state index contributed by atoms with van der Waals surface area (Å²) in [7, 11) is 0. The molecule has 3 rings (SSSR count). The highest BCUT2D eigenvalue weighted by Crippen LogP contribution is 2.25. The highest BCUT2D eigenvalue weighted by Gasteiger charge is 2.17. The topological polar surface area (TPSA) is 6.48 Å². The Labute approximate surface area is 182 Å². The van der Waals surface area contributed by atoms with Crippen LogP contribution in [0.15, 0.2) is 48.5 Å². The normalized spacial score (nSPS) is 16.8. The first kappa shape index (κ1) is 22.3. The largest absolute Gasteiger partial charge is 0.301 e. The van der Waals surface area contributed by atoms with Gasteiger partial charge in [0.05, 0.1) is 0 Å². The fourth-order valence-electron chi connectivity index (χ4n) is 4.19. The van der Waals surface area contributed by atoms with Crippen LogP contribution in [0.3, 0.4) is 0 Å². The van der Waals surface area contributed by atoms with Crippen LogP contribution < -0.4 is 0 Å². The fraction of sp³-hybridized carbons (Fsp3) is 0.538. The lowest BCUT2D eigenvalue weighted by Crippen LogP contribution is -2.46. The molecular weight excluding hydrogens is 376 g/mol. The fourth-order valence-corrected chi connectivity index (χ4v) is 4.31. The van der Waals surface area contributed by atoms with Gasteiger partial charge in [-0.2, -0.15) is 0 Å². The summed E-state index contributed by atoms with van der Waals surface area (Å²) in [6.45, 7) is 12.1. The third-order valence-corrected chi connectivity index (χ3v) is 6.58. The number of rotatable bonds is 10. The van der Waals surface area contributed by atoms with Crippen molar-refractivity contribution in [2.24, 2.45) is 0 Å². The van der Waals surface area contributed by atoms with E-state index in [1.54, 1.807) is 0 Å². The molecule has 0 N–H and O–H groups in total. The van der Waals surface area contributed by atoms with Crippen LogP contribution in [-0.4, -0.2) is 49.1 Å². The zero-order chi connectivity index (χ0) is 20.5. The van der Waals surface area contributed by atoms with E-state index < -0.39 is 0 Å².